The van der Waals surface area contributed by atoms with Crippen molar-refractivity contribution in [2.24, 2.45) is 5.73 Å². The summed E-state index contributed by atoms with van der Waals surface area (Å²) in [6.45, 7) is 1.14. The van der Waals surface area contributed by atoms with Gasteiger partial charge in [-0.05, 0) is 5.56 Å². The molecule has 102 valence electrons. The lowest BCUT2D eigenvalue weighted by Crippen LogP contribution is -2.48. The molecule has 0 saturated carbocycles. The van der Waals surface area contributed by atoms with Crippen molar-refractivity contribution < 1.29 is 14.4 Å². The first-order valence-electron chi connectivity index (χ1n) is 5.86. The van der Waals surface area contributed by atoms with E-state index in [0.717, 1.165) is 5.56 Å². The Morgan fingerprint density at radius 2 is 1.84 bits per heavy atom. The van der Waals surface area contributed by atoms with Crippen LogP contribution in [0.1, 0.15) is 12.5 Å². The number of hydrogen-bond donors (Lipinski definition) is 3. The molecular formula is C13H17N3O3. The summed E-state index contributed by atoms with van der Waals surface area (Å²) in [5.41, 5.74) is 6.14. The van der Waals surface area contributed by atoms with E-state index in [1.807, 2.05) is 30.3 Å². The lowest BCUT2D eigenvalue weighted by molar-refractivity contribution is -0.128. The smallest absolute Gasteiger partial charge is 0.240 e. The van der Waals surface area contributed by atoms with Gasteiger partial charge in [0.2, 0.25) is 17.7 Å². The highest BCUT2D eigenvalue weighted by atomic mass is 16.2. The number of hydrogen-bond acceptors (Lipinski definition) is 3. The van der Waals surface area contributed by atoms with Crippen molar-refractivity contribution in [3.63, 3.8) is 0 Å². The predicted molar refractivity (Wildman–Crippen MR) is 70.0 cm³/mol. The van der Waals surface area contributed by atoms with Gasteiger partial charge >= 0.3 is 0 Å². The van der Waals surface area contributed by atoms with Gasteiger partial charge in [0.05, 0.1) is 6.54 Å². The van der Waals surface area contributed by atoms with Crippen LogP contribution in [-0.4, -0.2) is 30.3 Å². The number of carbonyl (C=O) groups is 3. The summed E-state index contributed by atoms with van der Waals surface area (Å²) in [6, 6.07) is 8.44. The molecule has 0 aliphatic carbocycles. The maximum Gasteiger partial charge on any atom is 0.240 e. The van der Waals surface area contributed by atoms with E-state index in [-0.39, 0.29) is 12.5 Å². The van der Waals surface area contributed by atoms with Crippen LogP contribution in [0, 0.1) is 0 Å². The third-order valence-electron chi connectivity index (χ3n) is 2.46. The van der Waals surface area contributed by atoms with E-state index >= 15 is 0 Å². The van der Waals surface area contributed by atoms with Gasteiger partial charge in [0.1, 0.15) is 6.04 Å². The molecule has 0 aliphatic rings. The van der Waals surface area contributed by atoms with Crippen molar-refractivity contribution >= 4 is 17.7 Å². The number of carbonyl (C=O) groups excluding carboxylic acids is 3. The number of nitrogens with two attached hydrogens (primary N) is 1. The summed E-state index contributed by atoms with van der Waals surface area (Å²) in [5, 5.41) is 4.84. The molecular weight excluding hydrogens is 246 g/mol. The molecule has 19 heavy (non-hydrogen) atoms. The third kappa shape index (κ3) is 5.67. The molecule has 4 N–H and O–H groups in total. The molecule has 0 radical (unpaired) electrons. The molecule has 0 bridgehead atoms. The maximum absolute atomic E-state index is 11.5. The Labute approximate surface area is 111 Å². The summed E-state index contributed by atoms with van der Waals surface area (Å²) in [4.78, 5) is 33.5. The Kier molecular flexibility index (Phi) is 5.53. The zero-order valence-electron chi connectivity index (χ0n) is 10.7. The van der Waals surface area contributed by atoms with E-state index < -0.39 is 17.9 Å². The molecule has 1 aromatic carbocycles. The first kappa shape index (κ1) is 14.7. The minimum atomic E-state index is -0.788. The average molecular weight is 263 g/mol. The summed E-state index contributed by atoms with van der Waals surface area (Å²) in [6.07, 6.45) is 0.321. The highest BCUT2D eigenvalue weighted by Crippen LogP contribution is 2.02. The second kappa shape index (κ2) is 7.15. The number of nitrogens with one attached hydrogen (secondary N) is 2. The minimum Gasteiger partial charge on any atom is -0.368 e. The maximum atomic E-state index is 11.5. The summed E-state index contributed by atoms with van der Waals surface area (Å²) in [5.74, 6) is -1.37. The standard InChI is InChI=1S/C13H17N3O3/c1-9(17)15-8-12(18)16-11(13(14)19)7-10-5-3-2-4-6-10/h2-6,11H,7-8H2,1H3,(H2,14,19)(H,15,17)(H,16,18)/t11-/m1/s1. The second-order valence-corrected chi connectivity index (χ2v) is 4.12. The number of amides is 3. The van der Waals surface area contributed by atoms with Gasteiger partial charge in [-0.15, -0.1) is 0 Å². The molecule has 6 nitrogen and oxygen atoms in total. The van der Waals surface area contributed by atoms with Crippen molar-refractivity contribution in [1.29, 1.82) is 0 Å². The number of primary amides is 1. The average Bonchev–Trinajstić information content (AvgIpc) is 2.36. The largest absolute Gasteiger partial charge is 0.368 e. The molecule has 0 spiro atoms. The van der Waals surface area contributed by atoms with Gasteiger partial charge in [-0.2, -0.15) is 0 Å². The van der Waals surface area contributed by atoms with Crippen molar-refractivity contribution in [3.8, 4) is 0 Å². The van der Waals surface area contributed by atoms with Crippen LogP contribution < -0.4 is 16.4 Å². The fourth-order valence-electron chi connectivity index (χ4n) is 1.52. The highest BCUT2D eigenvalue weighted by molar-refractivity contribution is 5.89. The van der Waals surface area contributed by atoms with Crippen molar-refractivity contribution in [2.45, 2.75) is 19.4 Å². The summed E-state index contributed by atoms with van der Waals surface area (Å²) in [7, 11) is 0. The normalized spacial score (nSPS) is 11.4. The van der Waals surface area contributed by atoms with Gasteiger partial charge in [-0.3, -0.25) is 14.4 Å². The van der Waals surface area contributed by atoms with Crippen molar-refractivity contribution in [3.05, 3.63) is 35.9 Å². The molecule has 1 rings (SSSR count). The van der Waals surface area contributed by atoms with Crippen LogP contribution in [0.5, 0.6) is 0 Å². The van der Waals surface area contributed by atoms with Crippen LogP contribution in [0.3, 0.4) is 0 Å². The fraction of sp³-hybridized carbons (Fsp3) is 0.308. The van der Waals surface area contributed by atoms with Gasteiger partial charge in [0.15, 0.2) is 0 Å². The van der Waals surface area contributed by atoms with Gasteiger partial charge in [-0.1, -0.05) is 30.3 Å². The Hall–Kier alpha value is -2.37. The highest BCUT2D eigenvalue weighted by Gasteiger charge is 2.18. The second-order valence-electron chi connectivity index (χ2n) is 4.12. The Balaban J connectivity index is 2.56. The molecule has 6 heteroatoms. The third-order valence-corrected chi connectivity index (χ3v) is 2.46. The van der Waals surface area contributed by atoms with Gasteiger partial charge in [-0.25, -0.2) is 0 Å². The molecule has 0 fully saturated rings. The van der Waals surface area contributed by atoms with Crippen LogP contribution in [-0.2, 0) is 20.8 Å². The van der Waals surface area contributed by atoms with Gasteiger partial charge < -0.3 is 16.4 Å². The number of rotatable bonds is 6. The SMILES string of the molecule is CC(=O)NCC(=O)N[C@H](Cc1ccccc1)C(N)=O. The quantitative estimate of drug-likeness (QED) is 0.634. The number of benzene rings is 1. The first-order chi connectivity index (χ1) is 8.99. The molecule has 1 aromatic rings. The van der Waals surface area contributed by atoms with E-state index in [0.29, 0.717) is 6.42 Å². The zero-order chi connectivity index (χ0) is 14.3. The van der Waals surface area contributed by atoms with Crippen molar-refractivity contribution in [1.82, 2.24) is 10.6 Å². The molecule has 0 aromatic heterocycles. The fourth-order valence-corrected chi connectivity index (χ4v) is 1.52. The first-order valence-corrected chi connectivity index (χ1v) is 5.86. The molecule has 1 atom stereocenters. The lowest BCUT2D eigenvalue weighted by Gasteiger charge is -2.15. The van der Waals surface area contributed by atoms with E-state index in [4.69, 9.17) is 5.73 Å². The van der Waals surface area contributed by atoms with Gasteiger partial charge in [0, 0.05) is 13.3 Å². The summed E-state index contributed by atoms with van der Waals surface area (Å²) >= 11 is 0. The minimum absolute atomic E-state index is 0.173. The van der Waals surface area contributed by atoms with E-state index in [1.165, 1.54) is 6.92 Å². The molecule has 0 saturated heterocycles. The van der Waals surface area contributed by atoms with Crippen LogP contribution >= 0.6 is 0 Å². The Morgan fingerprint density at radius 1 is 1.21 bits per heavy atom. The van der Waals surface area contributed by atoms with Crippen LogP contribution in [0.4, 0.5) is 0 Å². The van der Waals surface area contributed by atoms with Crippen LogP contribution in [0.15, 0.2) is 30.3 Å². The molecule has 0 aliphatic heterocycles. The predicted octanol–water partition coefficient (Wildman–Crippen LogP) is -0.665. The Morgan fingerprint density at radius 3 is 2.37 bits per heavy atom. The van der Waals surface area contributed by atoms with E-state index in [1.54, 1.807) is 0 Å². The van der Waals surface area contributed by atoms with Crippen molar-refractivity contribution in [2.75, 3.05) is 6.54 Å². The van der Waals surface area contributed by atoms with Gasteiger partial charge in [0.25, 0.3) is 0 Å². The van der Waals surface area contributed by atoms with E-state index in [2.05, 4.69) is 10.6 Å². The molecule has 3 amide bonds. The molecule has 0 heterocycles. The van der Waals surface area contributed by atoms with Crippen LogP contribution in [0.25, 0.3) is 0 Å². The topological polar surface area (TPSA) is 101 Å². The van der Waals surface area contributed by atoms with Crippen LogP contribution in [0.2, 0.25) is 0 Å². The monoisotopic (exact) mass is 263 g/mol. The molecule has 0 unspecified atom stereocenters. The Bertz CT molecular complexity index is 459. The summed E-state index contributed by atoms with van der Waals surface area (Å²) < 4.78 is 0. The zero-order valence-corrected chi connectivity index (χ0v) is 10.7. The van der Waals surface area contributed by atoms with E-state index in [9.17, 15) is 14.4 Å². The lowest BCUT2D eigenvalue weighted by atomic mass is 10.1.